The molecule has 1 aromatic carbocycles. The molecule has 4 aliphatic carbocycles. The molecule has 0 radical (unpaired) electrons. The number of hydrogen-bond donors (Lipinski definition) is 2. The number of benzene rings is 1. The number of β-amino-alcohol motifs (C(OH)–C–C–N with tert-alkyl or cyclic N) is 2. The zero-order valence-corrected chi connectivity index (χ0v) is 18.0. The van der Waals surface area contributed by atoms with E-state index in [2.05, 4.69) is 34.1 Å². The van der Waals surface area contributed by atoms with E-state index in [-0.39, 0.29) is 6.61 Å². The van der Waals surface area contributed by atoms with Crippen molar-refractivity contribution in [1.29, 1.82) is 0 Å². The summed E-state index contributed by atoms with van der Waals surface area (Å²) in [7, 11) is 0. The van der Waals surface area contributed by atoms with Crippen LogP contribution in [0.2, 0.25) is 0 Å². The molecule has 5 aliphatic rings. The lowest BCUT2D eigenvalue weighted by Gasteiger charge is -2.73. The van der Waals surface area contributed by atoms with Crippen LogP contribution in [0.3, 0.4) is 0 Å². The summed E-state index contributed by atoms with van der Waals surface area (Å²) >= 11 is 0. The highest BCUT2D eigenvalue weighted by Crippen LogP contribution is 2.86. The Morgan fingerprint density at radius 3 is 2.43 bits per heavy atom. The molecule has 6 unspecified atom stereocenters. The molecular formula is C25H36N2O3. The molecule has 6 rings (SSSR count). The van der Waals surface area contributed by atoms with Gasteiger partial charge in [-0.05, 0) is 73.0 Å². The maximum absolute atomic E-state index is 10.4. The highest BCUT2D eigenvalue weighted by Gasteiger charge is 2.80. The summed E-state index contributed by atoms with van der Waals surface area (Å²) < 4.78 is 5.93. The molecule has 1 spiro atoms. The highest BCUT2D eigenvalue weighted by molar-refractivity contribution is 5.44. The van der Waals surface area contributed by atoms with Gasteiger partial charge in [0.25, 0.3) is 0 Å². The van der Waals surface area contributed by atoms with Crippen molar-refractivity contribution in [2.75, 3.05) is 52.5 Å². The lowest BCUT2D eigenvalue weighted by molar-refractivity contribution is -0.198. The first-order valence-corrected chi connectivity index (χ1v) is 12.1. The smallest absolute Gasteiger partial charge is 0.119 e. The van der Waals surface area contributed by atoms with Gasteiger partial charge in [-0.3, -0.25) is 9.80 Å². The first-order chi connectivity index (χ1) is 14.6. The molecule has 2 N–H and O–H groups in total. The van der Waals surface area contributed by atoms with Crippen molar-refractivity contribution in [3.8, 4) is 5.75 Å². The fourth-order valence-electron chi connectivity index (χ4n) is 8.44. The fourth-order valence-corrected chi connectivity index (χ4v) is 8.44. The standard InChI is InChI=1S/C25H36N2O3/c28-10-9-26-5-7-27(8-6-26)16-22(29)17-30-23-3-1-19(2-4-23)24-13-18-11-20-12-21(15-24)25(20,24)14-18/h1-4,18,20-22,28-29H,5-17H2. The van der Waals surface area contributed by atoms with Gasteiger partial charge >= 0.3 is 0 Å². The van der Waals surface area contributed by atoms with E-state index in [1.807, 2.05) is 0 Å². The zero-order valence-electron chi connectivity index (χ0n) is 18.0. The minimum absolute atomic E-state index is 0.221. The average molecular weight is 413 g/mol. The summed E-state index contributed by atoms with van der Waals surface area (Å²) in [5.74, 6) is 3.90. The van der Waals surface area contributed by atoms with E-state index >= 15 is 0 Å². The molecule has 164 valence electrons. The number of hydrogen-bond acceptors (Lipinski definition) is 5. The lowest BCUT2D eigenvalue weighted by Crippen LogP contribution is -2.68. The van der Waals surface area contributed by atoms with E-state index in [0.717, 1.165) is 56.2 Å². The largest absolute Gasteiger partial charge is 0.491 e. The molecule has 30 heavy (non-hydrogen) atoms. The molecule has 0 aromatic heterocycles. The Morgan fingerprint density at radius 2 is 1.73 bits per heavy atom. The summed E-state index contributed by atoms with van der Waals surface area (Å²) in [4.78, 5) is 4.56. The molecule has 5 nitrogen and oxygen atoms in total. The van der Waals surface area contributed by atoms with Crippen LogP contribution in [0.15, 0.2) is 24.3 Å². The second-order valence-electron chi connectivity index (χ2n) is 10.8. The van der Waals surface area contributed by atoms with Gasteiger partial charge in [-0.1, -0.05) is 12.1 Å². The zero-order chi connectivity index (χ0) is 20.3. The van der Waals surface area contributed by atoms with Crippen LogP contribution >= 0.6 is 0 Å². The molecular weight excluding hydrogens is 376 g/mol. The summed E-state index contributed by atoms with van der Waals surface area (Å²) in [6, 6.07) is 8.91. The lowest BCUT2D eigenvalue weighted by atomic mass is 9.31. The van der Waals surface area contributed by atoms with E-state index in [0.29, 0.717) is 24.0 Å². The van der Waals surface area contributed by atoms with E-state index in [1.165, 1.54) is 32.1 Å². The molecule has 1 aromatic rings. The number of piperazine rings is 1. The Labute approximate surface area is 180 Å². The Balaban J connectivity index is 1.01. The van der Waals surface area contributed by atoms with Crippen molar-refractivity contribution in [3.63, 3.8) is 0 Å². The Bertz CT molecular complexity index is 777. The van der Waals surface area contributed by atoms with Gasteiger partial charge in [-0.25, -0.2) is 0 Å². The van der Waals surface area contributed by atoms with Gasteiger partial charge in [0, 0.05) is 44.7 Å². The maximum atomic E-state index is 10.4. The van der Waals surface area contributed by atoms with Gasteiger partial charge in [-0.2, -0.15) is 0 Å². The monoisotopic (exact) mass is 412 g/mol. The predicted molar refractivity (Wildman–Crippen MR) is 116 cm³/mol. The van der Waals surface area contributed by atoms with E-state index in [4.69, 9.17) is 9.84 Å². The van der Waals surface area contributed by atoms with E-state index in [1.54, 1.807) is 5.56 Å². The summed E-state index contributed by atoms with van der Waals surface area (Å²) in [5.41, 5.74) is 2.72. The number of fused-ring (bicyclic) bond motifs is 1. The number of rotatable bonds is 8. The topological polar surface area (TPSA) is 56.2 Å². The van der Waals surface area contributed by atoms with Crippen molar-refractivity contribution in [1.82, 2.24) is 9.80 Å². The van der Waals surface area contributed by atoms with E-state index < -0.39 is 6.10 Å². The maximum Gasteiger partial charge on any atom is 0.119 e. The molecule has 5 heteroatoms. The number of nitrogens with zero attached hydrogens (tertiary/aromatic N) is 2. The van der Waals surface area contributed by atoms with Crippen LogP contribution in [0.1, 0.15) is 37.7 Å². The van der Waals surface area contributed by atoms with Gasteiger partial charge in [0.1, 0.15) is 18.5 Å². The Morgan fingerprint density at radius 1 is 0.967 bits per heavy atom. The van der Waals surface area contributed by atoms with Crippen LogP contribution in [-0.4, -0.2) is 78.6 Å². The van der Waals surface area contributed by atoms with Gasteiger partial charge in [0.2, 0.25) is 0 Å². The van der Waals surface area contributed by atoms with E-state index in [9.17, 15) is 5.11 Å². The minimum Gasteiger partial charge on any atom is -0.491 e. The quantitative estimate of drug-likeness (QED) is 0.685. The Hall–Kier alpha value is -1.14. The normalized spacial score (nSPS) is 40.5. The van der Waals surface area contributed by atoms with Crippen molar-refractivity contribution in [2.24, 2.45) is 23.2 Å². The summed E-state index contributed by atoms with van der Waals surface area (Å²) in [6.45, 7) is 5.78. The van der Waals surface area contributed by atoms with Crippen molar-refractivity contribution < 1.29 is 14.9 Å². The van der Waals surface area contributed by atoms with Gasteiger partial charge < -0.3 is 14.9 Å². The van der Waals surface area contributed by atoms with Crippen LogP contribution in [0.25, 0.3) is 0 Å². The first-order valence-electron chi connectivity index (χ1n) is 12.1. The Kier molecular flexibility index (Phi) is 4.68. The van der Waals surface area contributed by atoms with Crippen LogP contribution in [-0.2, 0) is 5.41 Å². The molecule has 0 amide bonds. The van der Waals surface area contributed by atoms with Crippen LogP contribution in [0, 0.1) is 23.2 Å². The minimum atomic E-state index is -0.472. The average Bonchev–Trinajstić information content (AvgIpc) is 3.24. The van der Waals surface area contributed by atoms with Crippen LogP contribution in [0.5, 0.6) is 5.75 Å². The second-order valence-corrected chi connectivity index (χ2v) is 10.8. The first kappa shape index (κ1) is 19.5. The summed E-state index contributed by atoms with van der Waals surface area (Å²) in [5, 5.41) is 19.5. The molecule has 5 fully saturated rings. The number of aliphatic hydroxyl groups excluding tert-OH is 2. The third-order valence-electron chi connectivity index (χ3n) is 9.59. The SMILES string of the molecule is OCCN1CCN(CC(O)COc2ccc(C34CC5CC6CC(C3)C64C5)cc2)CC1. The fraction of sp³-hybridized carbons (Fsp3) is 0.760. The third kappa shape index (κ3) is 2.75. The predicted octanol–water partition coefficient (Wildman–Crippen LogP) is 2.11. The summed E-state index contributed by atoms with van der Waals surface area (Å²) in [6.07, 6.45) is 6.89. The highest BCUT2D eigenvalue weighted by atomic mass is 16.5. The molecule has 6 atom stereocenters. The molecule has 2 bridgehead atoms. The second kappa shape index (κ2) is 7.19. The van der Waals surface area contributed by atoms with Crippen molar-refractivity contribution in [3.05, 3.63) is 29.8 Å². The van der Waals surface area contributed by atoms with Gasteiger partial charge in [0.05, 0.1) is 6.61 Å². The third-order valence-corrected chi connectivity index (χ3v) is 9.59. The van der Waals surface area contributed by atoms with Crippen LogP contribution in [0.4, 0.5) is 0 Å². The molecule has 1 saturated heterocycles. The number of aliphatic hydroxyl groups is 2. The van der Waals surface area contributed by atoms with Crippen molar-refractivity contribution >= 4 is 0 Å². The molecule has 1 heterocycles. The molecule has 1 aliphatic heterocycles. The van der Waals surface area contributed by atoms with Gasteiger partial charge in [0.15, 0.2) is 0 Å². The number of ether oxygens (including phenoxy) is 1. The van der Waals surface area contributed by atoms with Crippen molar-refractivity contribution in [2.45, 2.75) is 43.6 Å². The molecule has 4 saturated carbocycles. The van der Waals surface area contributed by atoms with Crippen LogP contribution < -0.4 is 4.74 Å². The van der Waals surface area contributed by atoms with Gasteiger partial charge in [-0.15, -0.1) is 0 Å².